The van der Waals surface area contributed by atoms with Gasteiger partial charge in [-0.3, -0.25) is 4.79 Å². The van der Waals surface area contributed by atoms with Crippen LogP contribution in [-0.4, -0.2) is 23.4 Å². The zero-order valence-corrected chi connectivity index (χ0v) is 11.6. The van der Waals surface area contributed by atoms with E-state index in [0.29, 0.717) is 6.54 Å². The number of likely N-dealkylation sites (N-methyl/N-ethyl adjacent to an activating group) is 1. The van der Waals surface area contributed by atoms with Gasteiger partial charge >= 0.3 is 0 Å². The Bertz CT molecular complexity index is 400. The van der Waals surface area contributed by atoms with E-state index in [1.165, 1.54) is 4.88 Å². The molecular weight excluding hydrogens is 288 g/mol. The second-order valence-electron chi connectivity index (χ2n) is 4.40. The minimum atomic E-state index is -0.580. The van der Waals surface area contributed by atoms with Crippen molar-refractivity contribution in [2.24, 2.45) is 5.73 Å². The summed E-state index contributed by atoms with van der Waals surface area (Å²) in [6.07, 6.45) is 2.72. The van der Waals surface area contributed by atoms with Crippen molar-refractivity contribution in [2.45, 2.75) is 31.3 Å². The minimum Gasteiger partial charge on any atom is -0.339 e. The lowest BCUT2D eigenvalue weighted by Gasteiger charge is -2.39. The van der Waals surface area contributed by atoms with Gasteiger partial charge in [0.1, 0.15) is 0 Å². The van der Waals surface area contributed by atoms with Gasteiger partial charge in [0.05, 0.1) is 12.1 Å². The third kappa shape index (κ3) is 2.31. The lowest BCUT2D eigenvalue weighted by molar-refractivity contribution is -0.139. The molecule has 1 aromatic rings. The molecule has 1 aliphatic rings. The van der Waals surface area contributed by atoms with Gasteiger partial charge in [-0.1, -0.05) is 0 Å². The summed E-state index contributed by atoms with van der Waals surface area (Å²) in [4.78, 5) is 15.0. The fourth-order valence-electron chi connectivity index (χ4n) is 1.89. The maximum absolute atomic E-state index is 12.1. The van der Waals surface area contributed by atoms with Crippen molar-refractivity contribution in [3.8, 4) is 0 Å². The summed E-state index contributed by atoms with van der Waals surface area (Å²) in [5.41, 5.74) is 5.43. The minimum absolute atomic E-state index is 0.0725. The number of hydrogen-bond donors (Lipinski definition) is 1. The van der Waals surface area contributed by atoms with Crippen molar-refractivity contribution < 1.29 is 4.79 Å². The van der Waals surface area contributed by atoms with Crippen LogP contribution in [0.3, 0.4) is 0 Å². The maximum Gasteiger partial charge on any atom is 0.242 e. The summed E-state index contributed by atoms with van der Waals surface area (Å²) >= 11 is 5.06. The smallest absolute Gasteiger partial charge is 0.242 e. The number of halogens is 1. The first-order valence-corrected chi connectivity index (χ1v) is 6.96. The lowest BCUT2D eigenvalue weighted by Crippen LogP contribution is -2.58. The van der Waals surface area contributed by atoms with E-state index in [-0.39, 0.29) is 5.91 Å². The number of rotatable bonds is 3. The standard InChI is InChI=1S/C11H15BrN2OS/c1-14(6-9-5-8(12)7-16-9)10(15)11(13)3-2-4-11/h5,7H,2-4,6,13H2,1H3. The van der Waals surface area contributed by atoms with Gasteiger partial charge in [0, 0.05) is 21.8 Å². The highest BCUT2D eigenvalue weighted by Gasteiger charge is 2.41. The summed E-state index contributed by atoms with van der Waals surface area (Å²) in [7, 11) is 1.82. The highest BCUT2D eigenvalue weighted by atomic mass is 79.9. The number of carbonyl (C=O) groups is 1. The Morgan fingerprint density at radius 2 is 2.38 bits per heavy atom. The van der Waals surface area contributed by atoms with E-state index < -0.39 is 5.54 Å². The average Bonchev–Trinajstić information content (AvgIpc) is 2.59. The molecule has 1 heterocycles. The summed E-state index contributed by atoms with van der Waals surface area (Å²) in [6, 6.07) is 2.04. The molecule has 1 aromatic heterocycles. The van der Waals surface area contributed by atoms with Crippen LogP contribution in [0, 0.1) is 0 Å². The molecule has 0 spiro atoms. The molecule has 1 saturated carbocycles. The topological polar surface area (TPSA) is 46.3 Å². The van der Waals surface area contributed by atoms with Gasteiger partial charge < -0.3 is 10.6 Å². The van der Waals surface area contributed by atoms with E-state index >= 15 is 0 Å². The van der Waals surface area contributed by atoms with Gasteiger partial charge in [0.2, 0.25) is 5.91 Å². The van der Waals surface area contributed by atoms with E-state index in [1.807, 2.05) is 18.5 Å². The Hall–Kier alpha value is -0.390. The van der Waals surface area contributed by atoms with Gasteiger partial charge in [-0.25, -0.2) is 0 Å². The van der Waals surface area contributed by atoms with E-state index in [2.05, 4.69) is 15.9 Å². The number of nitrogens with zero attached hydrogens (tertiary/aromatic N) is 1. The van der Waals surface area contributed by atoms with Crippen molar-refractivity contribution >= 4 is 33.2 Å². The fraction of sp³-hybridized carbons (Fsp3) is 0.545. The quantitative estimate of drug-likeness (QED) is 0.931. The predicted octanol–water partition coefficient (Wildman–Crippen LogP) is 2.35. The molecular formula is C11H15BrN2OS. The second kappa shape index (κ2) is 4.47. The third-order valence-corrected chi connectivity index (χ3v) is 4.72. The molecule has 0 radical (unpaired) electrons. The van der Waals surface area contributed by atoms with Crippen LogP contribution in [0.2, 0.25) is 0 Å². The first-order chi connectivity index (χ1) is 7.51. The Morgan fingerprint density at radius 3 is 2.81 bits per heavy atom. The molecule has 2 rings (SSSR count). The first-order valence-electron chi connectivity index (χ1n) is 5.29. The monoisotopic (exact) mass is 302 g/mol. The van der Waals surface area contributed by atoms with Gasteiger partial charge in [-0.05, 0) is 41.3 Å². The molecule has 1 amide bonds. The molecule has 0 atom stereocenters. The Morgan fingerprint density at radius 1 is 1.69 bits per heavy atom. The highest BCUT2D eigenvalue weighted by Crippen LogP contribution is 2.31. The molecule has 16 heavy (non-hydrogen) atoms. The molecule has 0 saturated heterocycles. The summed E-state index contributed by atoms with van der Waals surface area (Å²) in [5, 5.41) is 2.02. The molecule has 0 bridgehead atoms. The van der Waals surface area contributed by atoms with E-state index in [1.54, 1.807) is 16.2 Å². The molecule has 3 nitrogen and oxygen atoms in total. The molecule has 0 aromatic carbocycles. The first kappa shape index (κ1) is 12.1. The number of hydrogen-bond acceptors (Lipinski definition) is 3. The number of amides is 1. The second-order valence-corrected chi connectivity index (χ2v) is 6.31. The van der Waals surface area contributed by atoms with Crippen molar-refractivity contribution in [1.82, 2.24) is 4.90 Å². The lowest BCUT2D eigenvalue weighted by atomic mass is 9.76. The van der Waals surface area contributed by atoms with Crippen molar-refractivity contribution in [3.63, 3.8) is 0 Å². The summed E-state index contributed by atoms with van der Waals surface area (Å²) in [5.74, 6) is 0.0725. The number of carbonyl (C=O) groups excluding carboxylic acids is 1. The molecule has 88 valence electrons. The predicted molar refractivity (Wildman–Crippen MR) is 69.3 cm³/mol. The highest BCUT2D eigenvalue weighted by molar-refractivity contribution is 9.10. The molecule has 0 aliphatic heterocycles. The van der Waals surface area contributed by atoms with Gasteiger partial charge in [0.25, 0.3) is 0 Å². The average molecular weight is 303 g/mol. The van der Waals surface area contributed by atoms with Crippen LogP contribution in [0.5, 0.6) is 0 Å². The largest absolute Gasteiger partial charge is 0.339 e. The Labute approximate surface area is 108 Å². The van der Waals surface area contributed by atoms with Crippen LogP contribution in [0.4, 0.5) is 0 Å². The van der Waals surface area contributed by atoms with Crippen molar-refractivity contribution in [2.75, 3.05) is 7.05 Å². The summed E-state index contributed by atoms with van der Waals surface area (Å²) in [6.45, 7) is 0.647. The zero-order valence-electron chi connectivity index (χ0n) is 9.20. The number of thiophene rings is 1. The van der Waals surface area contributed by atoms with Crippen LogP contribution >= 0.6 is 27.3 Å². The Balaban J connectivity index is 1.97. The van der Waals surface area contributed by atoms with Gasteiger partial charge in [0.15, 0.2) is 0 Å². The van der Waals surface area contributed by atoms with E-state index in [0.717, 1.165) is 23.7 Å². The third-order valence-electron chi connectivity index (χ3n) is 3.03. The fourth-order valence-corrected chi connectivity index (χ4v) is 3.40. The van der Waals surface area contributed by atoms with Crippen molar-refractivity contribution in [3.05, 3.63) is 20.8 Å². The van der Waals surface area contributed by atoms with Crippen LogP contribution in [0.15, 0.2) is 15.9 Å². The van der Waals surface area contributed by atoms with Gasteiger partial charge in [-0.2, -0.15) is 0 Å². The zero-order chi connectivity index (χ0) is 11.8. The number of nitrogens with two attached hydrogens (primary N) is 1. The van der Waals surface area contributed by atoms with Crippen LogP contribution in [0.1, 0.15) is 24.1 Å². The molecule has 2 N–H and O–H groups in total. The summed E-state index contributed by atoms with van der Waals surface area (Å²) < 4.78 is 1.07. The van der Waals surface area contributed by atoms with Crippen LogP contribution in [-0.2, 0) is 11.3 Å². The van der Waals surface area contributed by atoms with E-state index in [9.17, 15) is 4.79 Å². The normalized spacial score (nSPS) is 17.9. The molecule has 5 heteroatoms. The van der Waals surface area contributed by atoms with Crippen LogP contribution < -0.4 is 5.73 Å². The Kier molecular flexibility index (Phi) is 3.37. The molecule has 0 unspecified atom stereocenters. The van der Waals surface area contributed by atoms with E-state index in [4.69, 9.17) is 5.73 Å². The molecule has 1 aliphatic carbocycles. The molecule has 1 fully saturated rings. The SMILES string of the molecule is CN(Cc1cc(Br)cs1)C(=O)C1(N)CCC1. The van der Waals surface area contributed by atoms with Gasteiger partial charge in [-0.15, -0.1) is 11.3 Å². The maximum atomic E-state index is 12.1. The van der Waals surface area contributed by atoms with Crippen LogP contribution in [0.25, 0.3) is 0 Å². The van der Waals surface area contributed by atoms with Crippen molar-refractivity contribution in [1.29, 1.82) is 0 Å².